The zero-order valence-corrected chi connectivity index (χ0v) is 15.2. The average molecular weight is 418 g/mol. The Balaban J connectivity index is 3.24. The van der Waals surface area contributed by atoms with Crippen LogP contribution < -0.4 is 10.2 Å². The normalized spacial score (nSPS) is 14.7. The molecule has 160 valence electrons. The van der Waals surface area contributed by atoms with E-state index in [1.807, 2.05) is 0 Å². The minimum absolute atomic E-state index is 0.000920. The molecule has 0 aromatic heterocycles. The van der Waals surface area contributed by atoms with Gasteiger partial charge in [-0.2, -0.15) is 26.3 Å². The van der Waals surface area contributed by atoms with Gasteiger partial charge in [0.2, 0.25) is 0 Å². The third-order valence-electron chi connectivity index (χ3n) is 3.76. The Kier molecular flexibility index (Phi) is 7.68. The summed E-state index contributed by atoms with van der Waals surface area (Å²) in [5.41, 5.74) is -1.43. The summed E-state index contributed by atoms with van der Waals surface area (Å²) in [6.45, 7) is 1.68. The van der Waals surface area contributed by atoms with Crippen molar-refractivity contribution in [1.29, 1.82) is 0 Å². The molecule has 1 unspecified atom stereocenters. The number of methoxy groups -OCH3 is 2. The Morgan fingerprint density at radius 1 is 1.11 bits per heavy atom. The topological polar surface area (TPSA) is 71.0 Å². The van der Waals surface area contributed by atoms with Gasteiger partial charge in [-0.1, -0.05) is 12.1 Å². The number of ether oxygens (including phenoxy) is 2. The number of benzene rings is 1. The van der Waals surface area contributed by atoms with Gasteiger partial charge in [-0.3, -0.25) is 4.90 Å². The molecule has 0 saturated carbocycles. The van der Waals surface area contributed by atoms with E-state index in [0.29, 0.717) is 12.1 Å². The van der Waals surface area contributed by atoms with E-state index >= 15 is 0 Å². The van der Waals surface area contributed by atoms with Crippen molar-refractivity contribution in [3.05, 3.63) is 29.8 Å². The number of hydrogen-bond donors (Lipinski definition) is 2. The first kappa shape index (κ1) is 24.0. The molecule has 1 atom stereocenters. The Hall–Kier alpha value is -2.05. The molecule has 0 spiro atoms. The summed E-state index contributed by atoms with van der Waals surface area (Å²) in [5.74, 6) is -11.0. The van der Waals surface area contributed by atoms with Gasteiger partial charge in [-0.05, 0) is 19.1 Å². The fourth-order valence-corrected chi connectivity index (χ4v) is 2.17. The van der Waals surface area contributed by atoms with Gasteiger partial charge in [0.1, 0.15) is 0 Å². The Morgan fingerprint density at radius 2 is 1.61 bits per heavy atom. The number of aliphatic hydroxyl groups is 1. The summed E-state index contributed by atoms with van der Waals surface area (Å²) in [7, 11) is 2.60. The van der Waals surface area contributed by atoms with Crippen LogP contribution in [-0.4, -0.2) is 56.8 Å². The lowest BCUT2D eigenvalue weighted by Crippen LogP contribution is -2.53. The van der Waals surface area contributed by atoms with Crippen LogP contribution in [0.5, 0.6) is 0 Å². The second kappa shape index (κ2) is 8.97. The number of carbonyl (C=O) groups is 1. The second-order valence-electron chi connectivity index (χ2n) is 5.59. The molecule has 2 amide bonds. The predicted molar refractivity (Wildman–Crippen MR) is 86.7 cm³/mol. The van der Waals surface area contributed by atoms with Gasteiger partial charge in [0, 0.05) is 32.0 Å². The van der Waals surface area contributed by atoms with Crippen LogP contribution in [0.2, 0.25) is 0 Å². The number of halogens is 6. The molecule has 1 aromatic rings. The summed E-state index contributed by atoms with van der Waals surface area (Å²) in [5, 5.41) is 11.2. The highest BCUT2D eigenvalue weighted by atomic mass is 19.4. The highest BCUT2D eigenvalue weighted by molar-refractivity contribution is 5.92. The smallest absolute Gasteiger partial charge is 0.354 e. The zero-order valence-electron chi connectivity index (χ0n) is 15.2. The highest BCUT2D eigenvalue weighted by Crippen LogP contribution is 2.49. The van der Waals surface area contributed by atoms with Crippen molar-refractivity contribution in [2.75, 3.05) is 32.2 Å². The number of nitrogens with one attached hydrogen (secondary N) is 1. The molecule has 6 nitrogen and oxygen atoms in total. The lowest BCUT2D eigenvalue weighted by atomic mass is 10.0. The van der Waals surface area contributed by atoms with Gasteiger partial charge >= 0.3 is 24.0 Å². The number of nitrogens with zero attached hydrogens (tertiary/aromatic N) is 1. The van der Waals surface area contributed by atoms with E-state index in [2.05, 4.69) is 5.32 Å². The van der Waals surface area contributed by atoms with E-state index in [0.717, 1.165) is 17.0 Å². The molecule has 28 heavy (non-hydrogen) atoms. The summed E-state index contributed by atoms with van der Waals surface area (Å²) in [4.78, 5) is 13.2. The van der Waals surface area contributed by atoms with Crippen LogP contribution in [0.15, 0.2) is 24.3 Å². The molecule has 0 saturated heterocycles. The summed E-state index contributed by atoms with van der Waals surface area (Å²) >= 11 is 0. The monoisotopic (exact) mass is 418 g/mol. The maximum absolute atomic E-state index is 13.9. The van der Waals surface area contributed by atoms with E-state index in [1.165, 1.54) is 14.2 Å². The molecule has 2 N–H and O–H groups in total. The van der Waals surface area contributed by atoms with E-state index in [-0.39, 0.29) is 18.8 Å². The maximum Gasteiger partial charge on any atom is 0.455 e. The fraction of sp³-hybridized carbons (Fsp3) is 0.562. The van der Waals surface area contributed by atoms with Crippen LogP contribution in [0.4, 0.5) is 36.8 Å². The molecule has 0 aliphatic rings. The number of rotatable bonds is 8. The first-order chi connectivity index (χ1) is 12.8. The largest absolute Gasteiger partial charge is 0.455 e. The lowest BCUT2D eigenvalue weighted by Gasteiger charge is -2.31. The SMILES string of the molecule is CCNC(=O)N(CC(OC)OC)c1ccc(C(F)(F)C(O)(F)C(F)(F)F)cc1. The first-order valence-corrected chi connectivity index (χ1v) is 7.90. The molecular weight excluding hydrogens is 398 g/mol. The summed E-state index contributed by atoms with van der Waals surface area (Å²) in [6, 6.07) is 2.07. The fourth-order valence-electron chi connectivity index (χ4n) is 2.17. The van der Waals surface area contributed by atoms with Crippen molar-refractivity contribution in [1.82, 2.24) is 5.32 Å². The van der Waals surface area contributed by atoms with Gasteiger partial charge < -0.3 is 19.9 Å². The maximum atomic E-state index is 13.9. The van der Waals surface area contributed by atoms with Crippen LogP contribution >= 0.6 is 0 Å². The molecule has 1 rings (SSSR count). The molecule has 0 radical (unpaired) electrons. The number of alkyl halides is 6. The minimum atomic E-state index is -6.22. The van der Waals surface area contributed by atoms with E-state index in [9.17, 15) is 31.1 Å². The van der Waals surface area contributed by atoms with E-state index in [4.69, 9.17) is 14.6 Å². The molecule has 0 aliphatic heterocycles. The van der Waals surface area contributed by atoms with Crippen molar-refractivity contribution >= 4 is 11.7 Å². The molecule has 1 aromatic carbocycles. The minimum Gasteiger partial charge on any atom is -0.354 e. The number of hydrogen-bond acceptors (Lipinski definition) is 4. The van der Waals surface area contributed by atoms with Crippen LogP contribution in [0.3, 0.4) is 0 Å². The lowest BCUT2D eigenvalue weighted by molar-refractivity contribution is -0.390. The predicted octanol–water partition coefficient (Wildman–Crippen LogP) is 3.15. The van der Waals surface area contributed by atoms with Crippen molar-refractivity contribution in [3.63, 3.8) is 0 Å². The van der Waals surface area contributed by atoms with Gasteiger partial charge in [-0.25, -0.2) is 4.79 Å². The van der Waals surface area contributed by atoms with Gasteiger partial charge in [-0.15, -0.1) is 0 Å². The third kappa shape index (κ3) is 4.86. The molecule has 0 heterocycles. The number of urea groups is 1. The van der Waals surface area contributed by atoms with Crippen molar-refractivity contribution in [3.8, 4) is 0 Å². The standard InChI is InChI=1S/C16H20F6N2O4/c1-4-23-13(25)24(9-12(27-2)28-3)11-7-5-10(6-8-11)14(17,18)15(19,26)16(20,21)22/h5-8,12,26H,4,9H2,1-3H3,(H,23,25). The third-order valence-corrected chi connectivity index (χ3v) is 3.76. The highest BCUT2D eigenvalue weighted by Gasteiger charge is 2.71. The molecule has 0 aliphatic carbocycles. The quantitative estimate of drug-likeness (QED) is 0.503. The number of amides is 2. The molecule has 0 fully saturated rings. The van der Waals surface area contributed by atoms with Gasteiger partial charge in [0.05, 0.1) is 6.54 Å². The van der Waals surface area contributed by atoms with Gasteiger partial charge in [0.15, 0.2) is 6.29 Å². The van der Waals surface area contributed by atoms with Crippen LogP contribution in [0.25, 0.3) is 0 Å². The average Bonchev–Trinajstić information content (AvgIpc) is 2.62. The van der Waals surface area contributed by atoms with Crippen LogP contribution in [0, 0.1) is 0 Å². The van der Waals surface area contributed by atoms with E-state index in [1.54, 1.807) is 6.92 Å². The zero-order chi connectivity index (χ0) is 21.8. The number of carbonyl (C=O) groups excluding carboxylic acids is 1. The molecule has 0 bridgehead atoms. The molecular formula is C16H20F6N2O4. The Morgan fingerprint density at radius 3 is 2.00 bits per heavy atom. The Bertz CT molecular complexity index is 648. The van der Waals surface area contributed by atoms with Crippen molar-refractivity contribution < 1.29 is 45.7 Å². The first-order valence-electron chi connectivity index (χ1n) is 7.90. The summed E-state index contributed by atoms with van der Waals surface area (Å²) in [6.07, 6.45) is -7.10. The van der Waals surface area contributed by atoms with Crippen LogP contribution in [0.1, 0.15) is 12.5 Å². The molecule has 12 heteroatoms. The summed E-state index contributed by atoms with van der Waals surface area (Å²) < 4.78 is 88.4. The Labute approximate surface area is 157 Å². The van der Waals surface area contributed by atoms with E-state index < -0.39 is 35.8 Å². The van der Waals surface area contributed by atoms with Crippen molar-refractivity contribution in [2.45, 2.75) is 31.2 Å². The second-order valence-corrected chi connectivity index (χ2v) is 5.59. The number of anilines is 1. The van der Waals surface area contributed by atoms with Crippen LogP contribution in [-0.2, 0) is 15.4 Å². The van der Waals surface area contributed by atoms with Gasteiger partial charge in [0.25, 0.3) is 0 Å². The van der Waals surface area contributed by atoms with Crippen molar-refractivity contribution in [2.24, 2.45) is 0 Å².